The fraction of sp³-hybridized carbons (Fsp3) is 0.333. The van der Waals surface area contributed by atoms with Crippen LogP contribution in [0.15, 0.2) is 59.9 Å². The number of guanidine groups is 1. The number of benzene rings is 1. The second kappa shape index (κ2) is 9.07. The Morgan fingerprint density at radius 3 is 2.56 bits per heavy atom. The molecule has 0 fully saturated rings. The van der Waals surface area contributed by atoms with Gasteiger partial charge in [-0.1, -0.05) is 18.2 Å². The van der Waals surface area contributed by atoms with E-state index < -0.39 is 0 Å². The van der Waals surface area contributed by atoms with E-state index in [1.165, 1.54) is 0 Å². The van der Waals surface area contributed by atoms with Crippen LogP contribution in [0.3, 0.4) is 0 Å². The van der Waals surface area contributed by atoms with Crippen LogP contribution in [-0.2, 0) is 13.1 Å². The predicted molar refractivity (Wildman–Crippen MR) is 110 cm³/mol. The minimum absolute atomic E-state index is 0.591. The molecule has 6 heteroatoms. The monoisotopic (exact) mass is 364 g/mol. The molecule has 6 nitrogen and oxygen atoms in total. The summed E-state index contributed by atoms with van der Waals surface area (Å²) in [5.74, 6) is 0.827. The Kier molecular flexibility index (Phi) is 6.30. The van der Waals surface area contributed by atoms with Crippen molar-refractivity contribution in [3.8, 4) is 5.69 Å². The minimum Gasteiger partial charge on any atom is -0.357 e. The third-order valence-electron chi connectivity index (χ3n) is 4.31. The van der Waals surface area contributed by atoms with E-state index in [4.69, 9.17) is 4.99 Å². The van der Waals surface area contributed by atoms with Crippen LogP contribution in [0.25, 0.3) is 5.69 Å². The van der Waals surface area contributed by atoms with Crippen LogP contribution in [0.4, 0.5) is 0 Å². The van der Waals surface area contributed by atoms with Crippen molar-refractivity contribution in [3.63, 3.8) is 0 Å². The topological polar surface area (TPSA) is 59.2 Å². The summed E-state index contributed by atoms with van der Waals surface area (Å²) >= 11 is 0. The Morgan fingerprint density at radius 2 is 1.85 bits per heavy atom. The van der Waals surface area contributed by atoms with Crippen LogP contribution in [0.2, 0.25) is 0 Å². The first-order chi connectivity index (χ1) is 13.2. The molecule has 1 aromatic carbocycles. The minimum atomic E-state index is 0.591. The molecule has 0 saturated carbocycles. The van der Waals surface area contributed by atoms with Gasteiger partial charge in [0.15, 0.2) is 5.96 Å². The zero-order valence-corrected chi connectivity index (χ0v) is 16.3. The van der Waals surface area contributed by atoms with Crippen LogP contribution >= 0.6 is 0 Å². The summed E-state index contributed by atoms with van der Waals surface area (Å²) < 4.78 is 4.14. The van der Waals surface area contributed by atoms with Crippen molar-refractivity contribution < 1.29 is 0 Å². The predicted octanol–water partition coefficient (Wildman–Crippen LogP) is 3.05. The van der Waals surface area contributed by atoms with E-state index in [0.29, 0.717) is 6.54 Å². The molecule has 3 aromatic rings. The van der Waals surface area contributed by atoms with E-state index in [2.05, 4.69) is 64.7 Å². The number of hydrogen-bond donors (Lipinski definition) is 2. The molecule has 3 rings (SSSR count). The molecule has 142 valence electrons. The fourth-order valence-corrected chi connectivity index (χ4v) is 3.05. The van der Waals surface area contributed by atoms with Crippen LogP contribution in [0, 0.1) is 13.8 Å². The van der Waals surface area contributed by atoms with E-state index in [1.807, 2.05) is 35.9 Å². The van der Waals surface area contributed by atoms with E-state index in [0.717, 1.165) is 48.2 Å². The molecule has 0 atom stereocenters. The average Bonchev–Trinajstić information content (AvgIpc) is 3.29. The third kappa shape index (κ3) is 5.00. The summed E-state index contributed by atoms with van der Waals surface area (Å²) in [5, 5.41) is 11.3. The van der Waals surface area contributed by atoms with Gasteiger partial charge in [0.2, 0.25) is 0 Å². The zero-order valence-electron chi connectivity index (χ0n) is 16.3. The molecule has 2 heterocycles. The summed E-state index contributed by atoms with van der Waals surface area (Å²) in [5.41, 5.74) is 4.37. The van der Waals surface area contributed by atoms with Gasteiger partial charge in [-0.2, -0.15) is 5.10 Å². The Balaban J connectivity index is 1.71. The summed E-state index contributed by atoms with van der Waals surface area (Å²) in [6.45, 7) is 9.31. The number of aryl methyl sites for hydroxylation is 2. The van der Waals surface area contributed by atoms with Crippen LogP contribution < -0.4 is 10.6 Å². The summed E-state index contributed by atoms with van der Waals surface area (Å²) in [4.78, 5) is 4.77. The molecule has 0 amide bonds. The highest BCUT2D eigenvalue weighted by Crippen LogP contribution is 2.17. The number of hydrogen-bond acceptors (Lipinski definition) is 2. The SMILES string of the molecule is CCNC(=NCc1ccccc1-n1nc(C)cc1C)NCCn1cccc1. The zero-order chi connectivity index (χ0) is 19.1. The Morgan fingerprint density at radius 1 is 1.07 bits per heavy atom. The van der Waals surface area contributed by atoms with Crippen molar-refractivity contribution in [3.05, 3.63) is 71.8 Å². The largest absolute Gasteiger partial charge is 0.357 e. The van der Waals surface area contributed by atoms with Gasteiger partial charge in [0.1, 0.15) is 0 Å². The molecular formula is C21H28N6. The number of para-hydroxylation sites is 1. The standard InChI is InChI=1S/C21H28N6/c1-4-22-21(23-11-14-26-12-7-8-13-26)24-16-19-9-5-6-10-20(19)27-18(3)15-17(2)25-27/h5-10,12-13,15H,4,11,14,16H2,1-3H3,(H2,22,23,24). The van der Waals surface area contributed by atoms with Crippen molar-refractivity contribution in [2.75, 3.05) is 13.1 Å². The Hall–Kier alpha value is -3.02. The highest BCUT2D eigenvalue weighted by molar-refractivity contribution is 5.79. The number of aliphatic imine (C=N–C) groups is 1. The molecule has 2 N–H and O–H groups in total. The maximum absolute atomic E-state index is 4.77. The molecule has 0 aliphatic carbocycles. The molecule has 0 radical (unpaired) electrons. The first kappa shape index (κ1) is 18.8. The van der Waals surface area contributed by atoms with Gasteiger partial charge in [0.05, 0.1) is 17.9 Å². The fourth-order valence-electron chi connectivity index (χ4n) is 3.05. The summed E-state index contributed by atoms with van der Waals surface area (Å²) in [6.07, 6.45) is 4.13. The van der Waals surface area contributed by atoms with Gasteiger partial charge in [-0.15, -0.1) is 0 Å². The molecule has 0 spiro atoms. The maximum Gasteiger partial charge on any atom is 0.191 e. The first-order valence-corrected chi connectivity index (χ1v) is 9.42. The van der Waals surface area contributed by atoms with E-state index in [-0.39, 0.29) is 0 Å². The van der Waals surface area contributed by atoms with E-state index >= 15 is 0 Å². The lowest BCUT2D eigenvalue weighted by Crippen LogP contribution is -2.38. The number of aromatic nitrogens is 3. The van der Waals surface area contributed by atoms with Crippen LogP contribution in [0.1, 0.15) is 23.9 Å². The quantitative estimate of drug-likeness (QED) is 0.500. The van der Waals surface area contributed by atoms with Gasteiger partial charge >= 0.3 is 0 Å². The Bertz CT molecular complexity index is 876. The summed E-state index contributed by atoms with van der Waals surface area (Å²) in [7, 11) is 0. The van der Waals surface area contributed by atoms with Crippen molar-refractivity contribution >= 4 is 5.96 Å². The molecular weight excluding hydrogens is 336 g/mol. The molecule has 27 heavy (non-hydrogen) atoms. The van der Waals surface area contributed by atoms with Gasteiger partial charge < -0.3 is 15.2 Å². The lowest BCUT2D eigenvalue weighted by Gasteiger charge is -2.13. The maximum atomic E-state index is 4.77. The second-order valence-electron chi connectivity index (χ2n) is 6.51. The van der Waals surface area contributed by atoms with Gasteiger partial charge in [0.25, 0.3) is 0 Å². The molecule has 0 unspecified atom stereocenters. The van der Waals surface area contributed by atoms with Crippen molar-refractivity contribution in [2.45, 2.75) is 33.9 Å². The highest BCUT2D eigenvalue weighted by atomic mass is 15.3. The molecule has 0 saturated heterocycles. The van der Waals surface area contributed by atoms with Gasteiger partial charge in [-0.05, 0) is 50.6 Å². The number of rotatable bonds is 7. The molecule has 2 aromatic heterocycles. The summed E-state index contributed by atoms with van der Waals surface area (Å²) in [6, 6.07) is 14.5. The van der Waals surface area contributed by atoms with E-state index in [9.17, 15) is 0 Å². The second-order valence-corrected chi connectivity index (χ2v) is 6.51. The first-order valence-electron chi connectivity index (χ1n) is 9.42. The van der Waals surface area contributed by atoms with Crippen molar-refractivity contribution in [2.24, 2.45) is 4.99 Å². The average molecular weight is 364 g/mol. The van der Waals surface area contributed by atoms with Gasteiger partial charge in [0, 0.05) is 37.7 Å². The number of nitrogens with zero attached hydrogens (tertiary/aromatic N) is 4. The number of nitrogens with one attached hydrogen (secondary N) is 2. The van der Waals surface area contributed by atoms with Crippen molar-refractivity contribution in [1.82, 2.24) is 25.0 Å². The molecule has 0 aliphatic rings. The van der Waals surface area contributed by atoms with Crippen LogP contribution in [0.5, 0.6) is 0 Å². The Labute approximate surface area is 160 Å². The normalized spacial score (nSPS) is 11.6. The van der Waals surface area contributed by atoms with Gasteiger partial charge in [-0.3, -0.25) is 0 Å². The lowest BCUT2D eigenvalue weighted by molar-refractivity contribution is 0.665. The third-order valence-corrected chi connectivity index (χ3v) is 4.31. The molecule has 0 aliphatic heterocycles. The highest BCUT2D eigenvalue weighted by Gasteiger charge is 2.08. The smallest absolute Gasteiger partial charge is 0.191 e. The van der Waals surface area contributed by atoms with Gasteiger partial charge in [-0.25, -0.2) is 9.67 Å². The molecule has 0 bridgehead atoms. The van der Waals surface area contributed by atoms with Crippen LogP contribution in [-0.4, -0.2) is 33.4 Å². The van der Waals surface area contributed by atoms with E-state index in [1.54, 1.807) is 0 Å². The van der Waals surface area contributed by atoms with Crippen molar-refractivity contribution in [1.29, 1.82) is 0 Å². The lowest BCUT2D eigenvalue weighted by atomic mass is 10.2.